The van der Waals surface area contributed by atoms with Crippen molar-refractivity contribution in [3.8, 4) is 11.3 Å². The van der Waals surface area contributed by atoms with Gasteiger partial charge in [0.25, 0.3) is 0 Å². The molecule has 0 aliphatic heterocycles. The minimum absolute atomic E-state index is 0.470. The summed E-state index contributed by atoms with van der Waals surface area (Å²) in [6.07, 6.45) is 2.97. The molecule has 0 spiro atoms. The molecule has 0 amide bonds. The fourth-order valence-corrected chi connectivity index (χ4v) is 2.40. The normalized spacial score (nSPS) is 17.1. The third-order valence-corrected chi connectivity index (χ3v) is 3.75. The Morgan fingerprint density at radius 3 is 2.74 bits per heavy atom. The molecule has 0 bridgehead atoms. The maximum atomic E-state index is 9.98. The molecule has 2 aromatic rings. The summed E-state index contributed by atoms with van der Waals surface area (Å²) in [5.41, 5.74) is 2.64. The smallest absolute Gasteiger partial charge is 0.0924 e. The average molecular weight is 257 g/mol. The van der Waals surface area contributed by atoms with Crippen molar-refractivity contribution in [1.29, 1.82) is 0 Å². The number of aromatic amines is 1. The lowest BCUT2D eigenvalue weighted by atomic mass is 9.80. The van der Waals surface area contributed by atoms with Crippen LogP contribution in [0, 0.1) is 0 Å². The van der Waals surface area contributed by atoms with Crippen LogP contribution >= 0.6 is 0 Å². The van der Waals surface area contributed by atoms with Crippen LogP contribution in [-0.4, -0.2) is 27.4 Å². The van der Waals surface area contributed by atoms with Crippen molar-refractivity contribution in [3.05, 3.63) is 42.1 Å². The van der Waals surface area contributed by atoms with Crippen molar-refractivity contribution in [2.24, 2.45) is 0 Å². The molecule has 0 radical (unpaired) electrons. The number of hydrogen-bond acceptors (Lipinski definition) is 3. The van der Waals surface area contributed by atoms with Crippen molar-refractivity contribution in [2.45, 2.75) is 31.4 Å². The van der Waals surface area contributed by atoms with Crippen LogP contribution in [0.4, 0.5) is 0 Å². The summed E-state index contributed by atoms with van der Waals surface area (Å²) in [6.45, 7) is 1.37. The van der Waals surface area contributed by atoms with E-state index in [-0.39, 0.29) is 0 Å². The van der Waals surface area contributed by atoms with Crippen LogP contribution in [0.15, 0.2) is 36.4 Å². The van der Waals surface area contributed by atoms with E-state index in [1.54, 1.807) is 0 Å². The summed E-state index contributed by atoms with van der Waals surface area (Å²) in [4.78, 5) is 0. The summed E-state index contributed by atoms with van der Waals surface area (Å²) in [7, 11) is 0. The summed E-state index contributed by atoms with van der Waals surface area (Å²) in [5.74, 6) is 0. The van der Waals surface area contributed by atoms with E-state index in [0.29, 0.717) is 13.1 Å². The van der Waals surface area contributed by atoms with E-state index in [1.165, 1.54) is 0 Å². The summed E-state index contributed by atoms with van der Waals surface area (Å²) in [5, 5.41) is 20.6. The van der Waals surface area contributed by atoms with E-state index in [1.807, 2.05) is 36.4 Å². The van der Waals surface area contributed by atoms with Crippen molar-refractivity contribution in [3.63, 3.8) is 0 Å². The zero-order valence-electron chi connectivity index (χ0n) is 10.9. The second-order valence-corrected chi connectivity index (χ2v) is 5.33. The monoisotopic (exact) mass is 257 g/mol. The molecular formula is C15H19N3O. The molecule has 1 aliphatic rings. The predicted octanol–water partition coefficient (Wildman–Crippen LogP) is 2.08. The van der Waals surface area contributed by atoms with Crippen LogP contribution in [-0.2, 0) is 6.54 Å². The molecule has 1 saturated carbocycles. The lowest BCUT2D eigenvalue weighted by Gasteiger charge is -2.36. The first-order chi connectivity index (χ1) is 9.25. The van der Waals surface area contributed by atoms with E-state index in [0.717, 1.165) is 36.2 Å². The predicted molar refractivity (Wildman–Crippen MR) is 74.5 cm³/mol. The first kappa shape index (κ1) is 12.4. The van der Waals surface area contributed by atoms with Gasteiger partial charge in [0.05, 0.1) is 11.3 Å². The summed E-state index contributed by atoms with van der Waals surface area (Å²) < 4.78 is 0. The highest BCUT2D eigenvalue weighted by molar-refractivity contribution is 5.58. The van der Waals surface area contributed by atoms with Crippen molar-refractivity contribution in [2.75, 3.05) is 6.54 Å². The van der Waals surface area contributed by atoms with Gasteiger partial charge in [-0.25, -0.2) is 0 Å². The lowest BCUT2D eigenvalue weighted by molar-refractivity contribution is -0.0315. The van der Waals surface area contributed by atoms with Crippen LogP contribution in [0.5, 0.6) is 0 Å². The van der Waals surface area contributed by atoms with Crippen LogP contribution in [0.25, 0.3) is 11.3 Å². The van der Waals surface area contributed by atoms with Gasteiger partial charge in [0.15, 0.2) is 0 Å². The Morgan fingerprint density at radius 1 is 1.26 bits per heavy atom. The number of H-pyrrole nitrogens is 1. The molecule has 0 atom stereocenters. The molecule has 19 heavy (non-hydrogen) atoms. The Bertz CT molecular complexity index is 531. The third kappa shape index (κ3) is 2.85. The Balaban J connectivity index is 1.56. The molecule has 4 heteroatoms. The van der Waals surface area contributed by atoms with Gasteiger partial charge in [-0.2, -0.15) is 5.10 Å². The fourth-order valence-electron chi connectivity index (χ4n) is 2.40. The van der Waals surface area contributed by atoms with Gasteiger partial charge in [-0.05, 0) is 25.3 Å². The maximum absolute atomic E-state index is 9.98. The van der Waals surface area contributed by atoms with E-state index in [2.05, 4.69) is 15.5 Å². The molecule has 3 rings (SSSR count). The maximum Gasteiger partial charge on any atom is 0.0924 e. The number of rotatable bonds is 5. The summed E-state index contributed by atoms with van der Waals surface area (Å²) >= 11 is 0. The zero-order valence-corrected chi connectivity index (χ0v) is 10.9. The Kier molecular flexibility index (Phi) is 3.36. The van der Waals surface area contributed by atoms with Crippen LogP contribution in [0.3, 0.4) is 0 Å². The molecule has 1 fully saturated rings. The molecule has 1 aromatic carbocycles. The zero-order chi connectivity index (χ0) is 13.1. The minimum Gasteiger partial charge on any atom is -0.389 e. The molecular weight excluding hydrogens is 238 g/mol. The fraction of sp³-hybridized carbons (Fsp3) is 0.400. The number of nitrogens with one attached hydrogen (secondary N) is 2. The van der Waals surface area contributed by atoms with E-state index >= 15 is 0 Å². The van der Waals surface area contributed by atoms with Crippen LogP contribution in [0.2, 0.25) is 0 Å². The van der Waals surface area contributed by atoms with Gasteiger partial charge in [0.1, 0.15) is 0 Å². The largest absolute Gasteiger partial charge is 0.389 e. The highest BCUT2D eigenvalue weighted by Crippen LogP contribution is 2.30. The minimum atomic E-state index is -0.470. The highest BCUT2D eigenvalue weighted by atomic mass is 16.3. The highest BCUT2D eigenvalue weighted by Gasteiger charge is 2.33. The van der Waals surface area contributed by atoms with E-state index in [9.17, 15) is 5.11 Å². The van der Waals surface area contributed by atoms with E-state index < -0.39 is 5.60 Å². The second-order valence-electron chi connectivity index (χ2n) is 5.33. The number of hydrogen-bond donors (Lipinski definition) is 3. The van der Waals surface area contributed by atoms with Gasteiger partial charge in [-0.1, -0.05) is 30.3 Å². The van der Waals surface area contributed by atoms with Crippen molar-refractivity contribution < 1.29 is 5.11 Å². The van der Waals surface area contributed by atoms with Gasteiger partial charge >= 0.3 is 0 Å². The van der Waals surface area contributed by atoms with Gasteiger partial charge in [0.2, 0.25) is 0 Å². The quantitative estimate of drug-likeness (QED) is 0.768. The third-order valence-electron chi connectivity index (χ3n) is 3.75. The molecule has 4 nitrogen and oxygen atoms in total. The average Bonchev–Trinajstić information content (AvgIpc) is 2.87. The number of benzene rings is 1. The Hall–Kier alpha value is -1.65. The molecule has 100 valence electrons. The standard InChI is InChI=1S/C15H19N3O/c19-15(7-4-8-15)11-16-10-13-9-14(18-17-13)12-5-2-1-3-6-12/h1-3,5-6,9,16,19H,4,7-8,10-11H2,(H,17,18). The molecule has 1 heterocycles. The number of aromatic nitrogens is 2. The molecule has 1 aromatic heterocycles. The Labute approximate surface area is 112 Å². The van der Waals surface area contributed by atoms with E-state index in [4.69, 9.17) is 0 Å². The second kappa shape index (κ2) is 5.15. The first-order valence-electron chi connectivity index (χ1n) is 6.78. The number of aliphatic hydroxyl groups is 1. The van der Waals surface area contributed by atoms with Gasteiger partial charge in [-0.15, -0.1) is 0 Å². The molecule has 1 aliphatic carbocycles. The van der Waals surface area contributed by atoms with Gasteiger partial charge < -0.3 is 10.4 Å². The topological polar surface area (TPSA) is 60.9 Å². The van der Waals surface area contributed by atoms with Crippen molar-refractivity contribution >= 4 is 0 Å². The van der Waals surface area contributed by atoms with Gasteiger partial charge in [0, 0.05) is 24.3 Å². The Morgan fingerprint density at radius 2 is 2.05 bits per heavy atom. The van der Waals surface area contributed by atoms with Crippen molar-refractivity contribution in [1.82, 2.24) is 15.5 Å². The van der Waals surface area contributed by atoms with Crippen LogP contribution < -0.4 is 5.32 Å². The molecule has 3 N–H and O–H groups in total. The van der Waals surface area contributed by atoms with Crippen LogP contribution in [0.1, 0.15) is 25.0 Å². The van der Waals surface area contributed by atoms with Gasteiger partial charge in [-0.3, -0.25) is 5.10 Å². The SMILES string of the molecule is OC1(CNCc2cc(-c3ccccc3)n[nH]2)CCC1. The lowest BCUT2D eigenvalue weighted by Crippen LogP contribution is -2.46. The number of nitrogens with zero attached hydrogens (tertiary/aromatic N) is 1. The first-order valence-corrected chi connectivity index (χ1v) is 6.78. The molecule has 0 unspecified atom stereocenters. The molecule has 0 saturated heterocycles. The summed E-state index contributed by atoms with van der Waals surface area (Å²) in [6, 6.07) is 12.2.